The molecule has 4 heteroatoms. The van der Waals surface area contributed by atoms with Crippen molar-refractivity contribution in [2.45, 2.75) is 32.1 Å². The summed E-state index contributed by atoms with van der Waals surface area (Å²) in [5.74, 6) is 5.41. The van der Waals surface area contributed by atoms with Crippen LogP contribution < -0.4 is 0 Å². The highest BCUT2D eigenvalue weighted by atomic mass is 32.2. The third-order valence-corrected chi connectivity index (χ3v) is 5.77. The molecular formula is C13H23NOS2. The van der Waals surface area contributed by atoms with E-state index in [1.807, 2.05) is 28.4 Å². The van der Waals surface area contributed by atoms with E-state index in [-0.39, 0.29) is 0 Å². The second-order valence-corrected chi connectivity index (χ2v) is 7.27. The topological polar surface area (TPSA) is 20.3 Å². The fraction of sp³-hybridized carbons (Fsp3) is 0.923. The van der Waals surface area contributed by atoms with Crippen molar-refractivity contribution in [2.24, 2.45) is 5.92 Å². The summed E-state index contributed by atoms with van der Waals surface area (Å²) in [6, 6.07) is 0. The number of hydrogen-bond acceptors (Lipinski definition) is 3. The highest BCUT2D eigenvalue weighted by molar-refractivity contribution is 8.00. The first-order valence-electron chi connectivity index (χ1n) is 6.79. The van der Waals surface area contributed by atoms with Crippen molar-refractivity contribution in [3.05, 3.63) is 0 Å². The van der Waals surface area contributed by atoms with Gasteiger partial charge in [-0.25, -0.2) is 0 Å². The van der Waals surface area contributed by atoms with Crippen LogP contribution in [-0.4, -0.2) is 46.9 Å². The van der Waals surface area contributed by atoms with Gasteiger partial charge in [0, 0.05) is 24.6 Å². The average Bonchev–Trinajstić information content (AvgIpc) is 2.41. The van der Waals surface area contributed by atoms with Crippen molar-refractivity contribution in [3.63, 3.8) is 0 Å². The van der Waals surface area contributed by atoms with Crippen molar-refractivity contribution < 1.29 is 4.79 Å². The molecule has 0 aromatic carbocycles. The van der Waals surface area contributed by atoms with Gasteiger partial charge in [-0.3, -0.25) is 4.79 Å². The zero-order valence-electron chi connectivity index (χ0n) is 10.5. The quantitative estimate of drug-likeness (QED) is 0.785. The smallest absolute Gasteiger partial charge is 0.232 e. The van der Waals surface area contributed by atoms with Gasteiger partial charge in [-0.15, -0.1) is 0 Å². The molecule has 98 valence electrons. The van der Waals surface area contributed by atoms with Gasteiger partial charge in [-0.1, -0.05) is 19.3 Å². The van der Waals surface area contributed by atoms with E-state index in [0.717, 1.165) is 30.5 Å². The molecule has 0 atom stereocenters. The van der Waals surface area contributed by atoms with Crippen molar-refractivity contribution in [1.29, 1.82) is 0 Å². The summed E-state index contributed by atoms with van der Waals surface area (Å²) in [5, 5.41) is 0. The zero-order chi connectivity index (χ0) is 11.9. The Bertz CT molecular complexity index is 236. The van der Waals surface area contributed by atoms with E-state index in [2.05, 4.69) is 0 Å². The zero-order valence-corrected chi connectivity index (χ0v) is 12.2. The summed E-state index contributed by atoms with van der Waals surface area (Å²) < 4.78 is 0. The minimum Gasteiger partial charge on any atom is -0.340 e. The SMILES string of the molecule is O=C(CSCC1CCCCC1)N1CCSCC1. The standard InChI is InChI=1S/C13H23NOS2/c15-13(14-6-8-16-9-7-14)11-17-10-12-4-2-1-3-5-12/h12H,1-11H2. The van der Waals surface area contributed by atoms with Crippen LogP contribution in [0.2, 0.25) is 0 Å². The van der Waals surface area contributed by atoms with E-state index < -0.39 is 0 Å². The Morgan fingerprint density at radius 3 is 2.59 bits per heavy atom. The van der Waals surface area contributed by atoms with Crippen molar-refractivity contribution in [3.8, 4) is 0 Å². The van der Waals surface area contributed by atoms with Gasteiger partial charge in [0.15, 0.2) is 0 Å². The Morgan fingerprint density at radius 1 is 1.18 bits per heavy atom. The molecule has 1 aliphatic carbocycles. The maximum atomic E-state index is 11.9. The minimum absolute atomic E-state index is 0.367. The molecule has 2 fully saturated rings. The molecule has 1 saturated carbocycles. The second-order valence-electron chi connectivity index (χ2n) is 5.01. The van der Waals surface area contributed by atoms with Crippen LogP contribution in [0.15, 0.2) is 0 Å². The molecule has 0 bridgehead atoms. The molecular weight excluding hydrogens is 250 g/mol. The summed E-state index contributed by atoms with van der Waals surface area (Å²) in [5.41, 5.74) is 0. The van der Waals surface area contributed by atoms with E-state index >= 15 is 0 Å². The van der Waals surface area contributed by atoms with Crippen LogP contribution in [0.3, 0.4) is 0 Å². The Hall–Kier alpha value is 0.170. The summed E-state index contributed by atoms with van der Waals surface area (Å²) in [7, 11) is 0. The summed E-state index contributed by atoms with van der Waals surface area (Å²) in [6.45, 7) is 1.93. The molecule has 0 aromatic heterocycles. The van der Waals surface area contributed by atoms with Crippen molar-refractivity contribution in [1.82, 2.24) is 4.90 Å². The number of carbonyl (C=O) groups excluding carboxylic acids is 1. The van der Waals surface area contributed by atoms with E-state index in [4.69, 9.17) is 0 Å². The molecule has 17 heavy (non-hydrogen) atoms. The fourth-order valence-electron chi connectivity index (χ4n) is 2.57. The predicted octanol–water partition coefficient (Wildman–Crippen LogP) is 2.88. The van der Waals surface area contributed by atoms with E-state index in [1.165, 1.54) is 37.9 Å². The summed E-state index contributed by atoms with van der Waals surface area (Å²) in [4.78, 5) is 14.0. The highest BCUT2D eigenvalue weighted by Crippen LogP contribution is 2.26. The van der Waals surface area contributed by atoms with Gasteiger partial charge in [-0.05, 0) is 24.5 Å². The minimum atomic E-state index is 0.367. The molecule has 0 N–H and O–H groups in total. The molecule has 1 saturated heterocycles. The molecule has 0 radical (unpaired) electrons. The van der Waals surface area contributed by atoms with Gasteiger partial charge in [-0.2, -0.15) is 23.5 Å². The van der Waals surface area contributed by atoms with E-state index in [1.54, 1.807) is 0 Å². The number of nitrogens with zero attached hydrogens (tertiary/aromatic N) is 1. The number of hydrogen-bond donors (Lipinski definition) is 0. The lowest BCUT2D eigenvalue weighted by Crippen LogP contribution is -2.39. The molecule has 2 nitrogen and oxygen atoms in total. The van der Waals surface area contributed by atoms with Gasteiger partial charge in [0.1, 0.15) is 0 Å². The highest BCUT2D eigenvalue weighted by Gasteiger charge is 2.18. The summed E-state index contributed by atoms with van der Waals surface area (Å²) in [6.07, 6.45) is 7.01. The fourth-order valence-corrected chi connectivity index (χ4v) is 4.62. The van der Waals surface area contributed by atoms with Gasteiger partial charge in [0.25, 0.3) is 0 Å². The van der Waals surface area contributed by atoms with E-state index in [9.17, 15) is 4.79 Å². The molecule has 1 amide bonds. The molecule has 0 spiro atoms. The van der Waals surface area contributed by atoms with Crippen LogP contribution >= 0.6 is 23.5 Å². The summed E-state index contributed by atoms with van der Waals surface area (Å²) >= 11 is 3.83. The van der Waals surface area contributed by atoms with Gasteiger partial charge < -0.3 is 4.90 Å². The molecule has 0 aromatic rings. The van der Waals surface area contributed by atoms with Crippen LogP contribution in [0, 0.1) is 5.92 Å². The van der Waals surface area contributed by atoms with Crippen LogP contribution in [-0.2, 0) is 4.79 Å². The molecule has 1 aliphatic heterocycles. The Balaban J connectivity index is 1.58. The normalized spacial score (nSPS) is 22.7. The third-order valence-electron chi connectivity index (χ3n) is 3.67. The van der Waals surface area contributed by atoms with Crippen LogP contribution in [0.1, 0.15) is 32.1 Å². The van der Waals surface area contributed by atoms with Crippen LogP contribution in [0.5, 0.6) is 0 Å². The Kier molecular flexibility index (Phi) is 6.06. The maximum absolute atomic E-state index is 11.9. The lowest BCUT2D eigenvalue weighted by atomic mass is 9.91. The number of carbonyl (C=O) groups is 1. The van der Waals surface area contributed by atoms with Crippen LogP contribution in [0.4, 0.5) is 0 Å². The number of thioether (sulfide) groups is 2. The Labute approximate surface area is 113 Å². The molecule has 2 aliphatic rings. The van der Waals surface area contributed by atoms with Gasteiger partial charge in [0.2, 0.25) is 5.91 Å². The first-order valence-corrected chi connectivity index (χ1v) is 9.10. The second kappa shape index (κ2) is 7.57. The van der Waals surface area contributed by atoms with E-state index in [0.29, 0.717) is 11.7 Å². The first-order chi connectivity index (χ1) is 8.36. The lowest BCUT2D eigenvalue weighted by molar-refractivity contribution is -0.127. The number of rotatable bonds is 4. The number of amides is 1. The van der Waals surface area contributed by atoms with Gasteiger partial charge >= 0.3 is 0 Å². The molecule has 2 rings (SSSR count). The Morgan fingerprint density at radius 2 is 1.88 bits per heavy atom. The first kappa shape index (κ1) is 13.6. The van der Waals surface area contributed by atoms with Crippen LogP contribution in [0.25, 0.3) is 0 Å². The molecule has 1 heterocycles. The molecule has 0 unspecified atom stereocenters. The van der Waals surface area contributed by atoms with Crippen molar-refractivity contribution in [2.75, 3.05) is 36.1 Å². The predicted molar refractivity (Wildman–Crippen MR) is 77.8 cm³/mol. The van der Waals surface area contributed by atoms with Gasteiger partial charge in [0.05, 0.1) is 5.75 Å². The third kappa shape index (κ3) is 4.74. The average molecular weight is 273 g/mol. The monoisotopic (exact) mass is 273 g/mol. The lowest BCUT2D eigenvalue weighted by Gasteiger charge is -2.27. The van der Waals surface area contributed by atoms with Crippen molar-refractivity contribution >= 4 is 29.4 Å². The largest absolute Gasteiger partial charge is 0.340 e. The maximum Gasteiger partial charge on any atom is 0.232 e.